The fourth-order valence-corrected chi connectivity index (χ4v) is 3.01. The van der Waals surface area contributed by atoms with Gasteiger partial charge < -0.3 is 4.98 Å². The van der Waals surface area contributed by atoms with E-state index in [9.17, 15) is 0 Å². The molecule has 1 heterocycles. The molecule has 2 aromatic rings. The fourth-order valence-electron chi connectivity index (χ4n) is 3.01. The number of hydrogen-bond acceptors (Lipinski definition) is 1. The minimum atomic E-state index is 0.593. The van der Waals surface area contributed by atoms with E-state index in [1.54, 1.807) is 0 Å². The second-order valence-electron chi connectivity index (χ2n) is 6.24. The van der Waals surface area contributed by atoms with Crippen LogP contribution in [0.1, 0.15) is 77.0 Å². The first-order chi connectivity index (χ1) is 10.8. The highest BCUT2D eigenvalue weighted by Gasteiger charge is 2.15. The predicted molar refractivity (Wildman–Crippen MR) is 95.0 cm³/mol. The molecule has 0 bridgehead atoms. The maximum Gasteiger partial charge on any atom is 0.109 e. The van der Waals surface area contributed by atoms with Gasteiger partial charge in [0.25, 0.3) is 0 Å². The molecule has 120 valence electrons. The molecule has 1 aromatic heterocycles. The van der Waals surface area contributed by atoms with Crippen molar-refractivity contribution in [3.8, 4) is 11.3 Å². The quantitative estimate of drug-likeness (QED) is 0.511. The highest BCUT2D eigenvalue weighted by molar-refractivity contribution is 5.58. The van der Waals surface area contributed by atoms with Crippen LogP contribution in [0.3, 0.4) is 0 Å². The van der Waals surface area contributed by atoms with Crippen molar-refractivity contribution in [3.63, 3.8) is 0 Å². The molecule has 22 heavy (non-hydrogen) atoms. The summed E-state index contributed by atoms with van der Waals surface area (Å²) in [5.74, 6) is 1.78. The summed E-state index contributed by atoms with van der Waals surface area (Å²) < 4.78 is 0. The van der Waals surface area contributed by atoms with Gasteiger partial charge in [0.15, 0.2) is 0 Å². The molecule has 1 N–H and O–H groups in total. The van der Waals surface area contributed by atoms with Gasteiger partial charge in [-0.3, -0.25) is 0 Å². The van der Waals surface area contributed by atoms with Crippen LogP contribution in [0.5, 0.6) is 0 Å². The summed E-state index contributed by atoms with van der Waals surface area (Å²) in [5, 5.41) is 0. The molecule has 1 aromatic carbocycles. The van der Waals surface area contributed by atoms with Gasteiger partial charge in [0, 0.05) is 5.92 Å². The van der Waals surface area contributed by atoms with Crippen LogP contribution >= 0.6 is 0 Å². The van der Waals surface area contributed by atoms with Gasteiger partial charge in [0.2, 0.25) is 0 Å². The minimum Gasteiger partial charge on any atom is -0.342 e. The lowest BCUT2D eigenvalue weighted by Crippen LogP contribution is -2.02. The number of aromatic nitrogens is 2. The van der Waals surface area contributed by atoms with E-state index in [1.165, 1.54) is 62.8 Å². The number of imidazole rings is 1. The monoisotopic (exact) mass is 298 g/mol. The van der Waals surface area contributed by atoms with Crippen molar-refractivity contribution >= 4 is 0 Å². The molecular weight excluding hydrogens is 268 g/mol. The van der Waals surface area contributed by atoms with Gasteiger partial charge >= 0.3 is 0 Å². The Morgan fingerprint density at radius 3 is 2.14 bits per heavy atom. The van der Waals surface area contributed by atoms with Gasteiger partial charge in [0.1, 0.15) is 5.82 Å². The number of hydrogen-bond donors (Lipinski definition) is 1. The Kier molecular flexibility index (Phi) is 7.21. The molecule has 2 rings (SSSR count). The lowest BCUT2D eigenvalue weighted by molar-refractivity contribution is 0.491. The average molecular weight is 298 g/mol. The Morgan fingerprint density at radius 1 is 0.909 bits per heavy atom. The Bertz CT molecular complexity index is 506. The van der Waals surface area contributed by atoms with Gasteiger partial charge in [-0.25, -0.2) is 4.98 Å². The van der Waals surface area contributed by atoms with Crippen LogP contribution < -0.4 is 0 Å². The SMILES string of the molecule is CCCCCC(CCCCC)c1ncc(-c2ccccc2)[nH]1. The van der Waals surface area contributed by atoms with Gasteiger partial charge in [-0.1, -0.05) is 82.7 Å². The second kappa shape index (κ2) is 9.45. The highest BCUT2D eigenvalue weighted by Crippen LogP contribution is 2.28. The first kappa shape index (κ1) is 16.8. The van der Waals surface area contributed by atoms with Crippen LogP contribution in [0, 0.1) is 0 Å². The topological polar surface area (TPSA) is 28.7 Å². The summed E-state index contributed by atoms with van der Waals surface area (Å²) in [5.41, 5.74) is 2.37. The first-order valence-corrected chi connectivity index (χ1v) is 8.95. The largest absolute Gasteiger partial charge is 0.342 e. The zero-order chi connectivity index (χ0) is 15.6. The number of H-pyrrole nitrogens is 1. The molecule has 2 nitrogen and oxygen atoms in total. The smallest absolute Gasteiger partial charge is 0.109 e. The van der Waals surface area contributed by atoms with Crippen LogP contribution in [0.15, 0.2) is 36.5 Å². The number of benzene rings is 1. The van der Waals surface area contributed by atoms with Gasteiger partial charge in [-0.15, -0.1) is 0 Å². The van der Waals surface area contributed by atoms with E-state index in [4.69, 9.17) is 4.98 Å². The first-order valence-electron chi connectivity index (χ1n) is 8.95. The van der Waals surface area contributed by atoms with Gasteiger partial charge in [-0.05, 0) is 18.4 Å². The molecule has 0 radical (unpaired) electrons. The zero-order valence-corrected chi connectivity index (χ0v) is 14.1. The Labute approximate surface area is 135 Å². The van der Waals surface area contributed by atoms with Crippen molar-refractivity contribution in [1.29, 1.82) is 0 Å². The van der Waals surface area contributed by atoms with E-state index >= 15 is 0 Å². The second-order valence-corrected chi connectivity index (χ2v) is 6.24. The van der Waals surface area contributed by atoms with Crippen LogP contribution in [-0.2, 0) is 0 Å². The maximum absolute atomic E-state index is 4.69. The Hall–Kier alpha value is -1.57. The predicted octanol–water partition coefficient (Wildman–Crippen LogP) is 6.32. The average Bonchev–Trinajstić information content (AvgIpc) is 3.04. The third kappa shape index (κ3) is 5.01. The van der Waals surface area contributed by atoms with Crippen molar-refractivity contribution in [3.05, 3.63) is 42.4 Å². The van der Waals surface area contributed by atoms with Crippen molar-refractivity contribution < 1.29 is 0 Å². The van der Waals surface area contributed by atoms with Crippen molar-refractivity contribution in [2.45, 2.75) is 71.1 Å². The van der Waals surface area contributed by atoms with E-state index < -0.39 is 0 Å². The molecule has 0 fully saturated rings. The number of rotatable bonds is 10. The number of aromatic amines is 1. The highest BCUT2D eigenvalue weighted by atomic mass is 14.9. The zero-order valence-electron chi connectivity index (χ0n) is 14.1. The third-order valence-corrected chi connectivity index (χ3v) is 4.38. The molecule has 2 heteroatoms. The molecule has 0 amide bonds. The summed E-state index contributed by atoms with van der Waals surface area (Å²) >= 11 is 0. The van der Waals surface area contributed by atoms with Crippen LogP contribution in [0.2, 0.25) is 0 Å². The molecule has 0 atom stereocenters. The minimum absolute atomic E-state index is 0.593. The van der Waals surface area contributed by atoms with E-state index in [0.29, 0.717) is 5.92 Å². The summed E-state index contributed by atoms with van der Waals surface area (Å²) in [6, 6.07) is 10.5. The Morgan fingerprint density at radius 2 is 1.55 bits per heavy atom. The number of nitrogens with one attached hydrogen (secondary N) is 1. The Balaban J connectivity index is 2.04. The summed E-state index contributed by atoms with van der Waals surface area (Å²) in [6.45, 7) is 4.54. The van der Waals surface area contributed by atoms with Gasteiger partial charge in [-0.2, -0.15) is 0 Å². The summed E-state index contributed by atoms with van der Waals surface area (Å²) in [7, 11) is 0. The molecule has 0 aliphatic carbocycles. The van der Waals surface area contributed by atoms with Crippen LogP contribution in [0.25, 0.3) is 11.3 Å². The van der Waals surface area contributed by atoms with Crippen LogP contribution in [0.4, 0.5) is 0 Å². The molecule has 0 spiro atoms. The fraction of sp³-hybridized carbons (Fsp3) is 0.550. The van der Waals surface area contributed by atoms with Crippen LogP contribution in [-0.4, -0.2) is 9.97 Å². The molecule has 0 saturated heterocycles. The third-order valence-electron chi connectivity index (χ3n) is 4.38. The van der Waals surface area contributed by atoms with Gasteiger partial charge in [0.05, 0.1) is 11.9 Å². The maximum atomic E-state index is 4.69. The molecule has 0 aliphatic heterocycles. The summed E-state index contributed by atoms with van der Waals surface area (Å²) in [4.78, 5) is 8.27. The lowest BCUT2D eigenvalue weighted by atomic mass is 9.94. The normalized spacial score (nSPS) is 11.2. The van der Waals surface area contributed by atoms with E-state index in [0.717, 1.165) is 5.69 Å². The summed E-state index contributed by atoms with van der Waals surface area (Å²) in [6.07, 6.45) is 12.4. The molecular formula is C20H30N2. The van der Waals surface area contributed by atoms with E-state index in [1.807, 2.05) is 6.20 Å². The lowest BCUT2D eigenvalue weighted by Gasteiger charge is -2.14. The number of nitrogens with zero attached hydrogens (tertiary/aromatic N) is 1. The standard InChI is InChI=1S/C20H30N2/c1-3-5-8-14-18(15-9-6-4-2)20-21-16-19(22-20)17-12-10-7-11-13-17/h7,10-13,16,18H,3-6,8-9,14-15H2,1-2H3,(H,21,22). The number of unbranched alkanes of at least 4 members (excludes halogenated alkanes) is 4. The van der Waals surface area contributed by atoms with Crippen molar-refractivity contribution in [2.24, 2.45) is 0 Å². The molecule has 0 unspecified atom stereocenters. The molecule has 0 saturated carbocycles. The van der Waals surface area contributed by atoms with E-state index in [-0.39, 0.29) is 0 Å². The van der Waals surface area contributed by atoms with E-state index in [2.05, 4.69) is 49.2 Å². The molecule has 0 aliphatic rings. The van der Waals surface area contributed by atoms with Crippen molar-refractivity contribution in [2.75, 3.05) is 0 Å². The van der Waals surface area contributed by atoms with Crippen molar-refractivity contribution in [1.82, 2.24) is 9.97 Å².